The molecule has 0 saturated heterocycles. The van der Waals surface area contributed by atoms with Crippen molar-refractivity contribution >= 4 is 31.5 Å². The number of benzene rings is 4. The molecule has 0 aliphatic rings. The molecule has 0 nitrogen and oxygen atoms in total. The summed E-state index contributed by atoms with van der Waals surface area (Å²) in [7, 11) is 0. The van der Waals surface area contributed by atoms with Crippen molar-refractivity contribution in [2.45, 2.75) is 59.3 Å². The first-order valence-corrected chi connectivity index (χ1v) is 13.0. The first-order chi connectivity index (χ1) is 16.0. The molecule has 1 heterocycles. The van der Waals surface area contributed by atoms with E-state index in [4.69, 9.17) is 0 Å². The Balaban J connectivity index is 1.84. The molecule has 0 spiro atoms. The highest BCUT2D eigenvalue weighted by Crippen LogP contribution is 2.45. The lowest BCUT2D eigenvalue weighted by Crippen LogP contribution is -2.16. The molecule has 4 aromatic carbocycles. The van der Waals surface area contributed by atoms with Crippen LogP contribution in [0.25, 0.3) is 42.4 Å². The minimum atomic E-state index is 0.0943. The first kappa shape index (κ1) is 22.9. The monoisotopic (exact) mass is 462 g/mol. The van der Waals surface area contributed by atoms with E-state index in [-0.39, 0.29) is 10.8 Å². The Morgan fingerprint density at radius 3 is 1.76 bits per heavy atom. The van der Waals surface area contributed by atoms with E-state index in [0.717, 1.165) is 0 Å². The fraction of sp³-hybridized carbons (Fsp3) is 0.273. The smallest absolute Gasteiger partial charge is 0.0361 e. The van der Waals surface area contributed by atoms with E-state index in [2.05, 4.69) is 127 Å². The Kier molecular flexibility index (Phi) is 5.45. The van der Waals surface area contributed by atoms with Crippen molar-refractivity contribution in [3.63, 3.8) is 0 Å². The number of hydrogen-bond donors (Lipinski definition) is 0. The standard InChI is InChI=1S/C33H34S/c1-21-26(22-12-9-8-10-13-22)16-17-29-30(21)31-27(14-11-15-28(31)34-29)23-18-24(32(2,3)4)20-25(19-23)33(5,6)7/h8-20H,1-7H3. The maximum absolute atomic E-state index is 2.42. The van der Waals surface area contributed by atoms with Crippen molar-refractivity contribution in [3.05, 3.63) is 95.6 Å². The molecule has 34 heavy (non-hydrogen) atoms. The molecule has 0 bridgehead atoms. The van der Waals surface area contributed by atoms with E-state index in [1.54, 1.807) is 0 Å². The van der Waals surface area contributed by atoms with Crippen molar-refractivity contribution in [1.29, 1.82) is 0 Å². The van der Waals surface area contributed by atoms with Crippen molar-refractivity contribution in [2.75, 3.05) is 0 Å². The molecule has 0 amide bonds. The van der Waals surface area contributed by atoms with Gasteiger partial charge in [0.1, 0.15) is 0 Å². The van der Waals surface area contributed by atoms with Crippen molar-refractivity contribution < 1.29 is 0 Å². The van der Waals surface area contributed by atoms with Crippen molar-refractivity contribution in [3.8, 4) is 22.3 Å². The fourth-order valence-electron chi connectivity index (χ4n) is 4.90. The highest BCUT2D eigenvalue weighted by atomic mass is 32.1. The highest BCUT2D eigenvalue weighted by Gasteiger charge is 2.22. The largest absolute Gasteiger partial charge is 0.135 e. The Hall–Kier alpha value is -2.90. The second-order valence-corrected chi connectivity index (χ2v) is 12.6. The zero-order valence-corrected chi connectivity index (χ0v) is 22.2. The molecule has 0 aliphatic carbocycles. The van der Waals surface area contributed by atoms with Gasteiger partial charge in [-0.2, -0.15) is 0 Å². The lowest BCUT2D eigenvalue weighted by atomic mass is 9.78. The predicted octanol–water partition coefficient (Wildman–Crippen LogP) is 10.3. The minimum Gasteiger partial charge on any atom is -0.135 e. The van der Waals surface area contributed by atoms with Crippen LogP contribution in [-0.2, 0) is 10.8 Å². The van der Waals surface area contributed by atoms with Gasteiger partial charge in [0.2, 0.25) is 0 Å². The van der Waals surface area contributed by atoms with Crippen LogP contribution in [0.4, 0.5) is 0 Å². The van der Waals surface area contributed by atoms with Gasteiger partial charge >= 0.3 is 0 Å². The SMILES string of the molecule is Cc1c(-c2ccccc2)ccc2sc3cccc(-c4cc(C(C)(C)C)cc(C(C)(C)C)c4)c3c12. The van der Waals surface area contributed by atoms with Gasteiger partial charge in [0, 0.05) is 20.2 Å². The second kappa shape index (κ2) is 8.10. The van der Waals surface area contributed by atoms with E-state index < -0.39 is 0 Å². The quantitative estimate of drug-likeness (QED) is 0.245. The van der Waals surface area contributed by atoms with Gasteiger partial charge in [-0.25, -0.2) is 0 Å². The molecule has 5 aromatic rings. The van der Waals surface area contributed by atoms with Gasteiger partial charge < -0.3 is 0 Å². The Morgan fingerprint density at radius 1 is 0.529 bits per heavy atom. The average molecular weight is 463 g/mol. The number of aryl methyl sites for hydroxylation is 1. The Bertz CT molecular complexity index is 1470. The molecule has 0 unspecified atom stereocenters. The van der Waals surface area contributed by atoms with Gasteiger partial charge in [0.25, 0.3) is 0 Å². The van der Waals surface area contributed by atoms with Crippen LogP contribution >= 0.6 is 11.3 Å². The summed E-state index contributed by atoms with van der Waals surface area (Å²) in [4.78, 5) is 0. The summed E-state index contributed by atoms with van der Waals surface area (Å²) in [5.41, 5.74) is 9.62. The molecule has 1 aromatic heterocycles. The molecule has 0 fully saturated rings. The van der Waals surface area contributed by atoms with E-state index in [0.29, 0.717) is 0 Å². The number of fused-ring (bicyclic) bond motifs is 3. The summed E-state index contributed by atoms with van der Waals surface area (Å²) in [5, 5.41) is 2.79. The first-order valence-electron chi connectivity index (χ1n) is 12.2. The van der Waals surface area contributed by atoms with Crippen LogP contribution in [0.15, 0.2) is 78.9 Å². The summed E-state index contributed by atoms with van der Waals surface area (Å²) in [6.45, 7) is 16.2. The number of hydrogen-bond acceptors (Lipinski definition) is 1. The third-order valence-corrected chi connectivity index (χ3v) is 8.10. The zero-order valence-electron chi connectivity index (χ0n) is 21.4. The third-order valence-electron chi connectivity index (χ3n) is 6.98. The second-order valence-electron chi connectivity index (χ2n) is 11.6. The summed E-state index contributed by atoms with van der Waals surface area (Å²) >= 11 is 1.91. The average Bonchev–Trinajstić information content (AvgIpc) is 3.18. The number of rotatable bonds is 2. The summed E-state index contributed by atoms with van der Waals surface area (Å²) in [5.74, 6) is 0. The van der Waals surface area contributed by atoms with Crippen LogP contribution in [0.3, 0.4) is 0 Å². The maximum atomic E-state index is 2.42. The lowest BCUT2D eigenvalue weighted by Gasteiger charge is -2.26. The van der Waals surface area contributed by atoms with E-state index >= 15 is 0 Å². The van der Waals surface area contributed by atoms with Gasteiger partial charge in [-0.05, 0) is 68.8 Å². The van der Waals surface area contributed by atoms with Crippen LogP contribution in [0.2, 0.25) is 0 Å². The van der Waals surface area contributed by atoms with Crippen LogP contribution in [-0.4, -0.2) is 0 Å². The molecule has 0 N–H and O–H groups in total. The topological polar surface area (TPSA) is 0 Å². The predicted molar refractivity (Wildman–Crippen MR) is 152 cm³/mol. The van der Waals surface area contributed by atoms with Crippen molar-refractivity contribution in [1.82, 2.24) is 0 Å². The molecule has 0 radical (unpaired) electrons. The van der Waals surface area contributed by atoms with Gasteiger partial charge in [0.05, 0.1) is 0 Å². The molecule has 0 aliphatic heterocycles. The van der Waals surface area contributed by atoms with Gasteiger partial charge in [-0.15, -0.1) is 11.3 Å². The molecule has 0 saturated carbocycles. The Morgan fingerprint density at radius 2 is 1.15 bits per heavy atom. The molecule has 5 rings (SSSR count). The van der Waals surface area contributed by atoms with Crippen LogP contribution < -0.4 is 0 Å². The van der Waals surface area contributed by atoms with Crippen LogP contribution in [0.5, 0.6) is 0 Å². The summed E-state index contributed by atoms with van der Waals surface area (Å²) in [6.07, 6.45) is 0. The highest BCUT2D eigenvalue weighted by molar-refractivity contribution is 7.26. The van der Waals surface area contributed by atoms with Gasteiger partial charge in [-0.1, -0.05) is 108 Å². The zero-order chi connectivity index (χ0) is 24.3. The molecule has 0 atom stereocenters. The summed E-state index contributed by atoms with van der Waals surface area (Å²) < 4.78 is 2.72. The third kappa shape index (κ3) is 3.97. The lowest BCUT2D eigenvalue weighted by molar-refractivity contribution is 0.569. The normalized spacial score (nSPS) is 12.6. The maximum Gasteiger partial charge on any atom is 0.0361 e. The van der Waals surface area contributed by atoms with E-state index in [1.807, 2.05) is 11.3 Å². The van der Waals surface area contributed by atoms with E-state index in [1.165, 1.54) is 59.1 Å². The van der Waals surface area contributed by atoms with Crippen molar-refractivity contribution in [2.24, 2.45) is 0 Å². The summed E-state index contributed by atoms with van der Waals surface area (Å²) in [6, 6.07) is 29.4. The van der Waals surface area contributed by atoms with Crippen LogP contribution in [0.1, 0.15) is 58.2 Å². The fourth-order valence-corrected chi connectivity index (χ4v) is 6.09. The molecule has 1 heteroatoms. The minimum absolute atomic E-state index is 0.0943. The van der Waals surface area contributed by atoms with Crippen LogP contribution in [0, 0.1) is 6.92 Å². The van der Waals surface area contributed by atoms with E-state index in [9.17, 15) is 0 Å². The molecular weight excluding hydrogens is 428 g/mol. The van der Waals surface area contributed by atoms with Gasteiger partial charge in [-0.3, -0.25) is 0 Å². The molecular formula is C33H34S. The Labute approximate surface area is 208 Å². The van der Waals surface area contributed by atoms with Gasteiger partial charge in [0.15, 0.2) is 0 Å². The number of thiophene rings is 1. The molecule has 172 valence electrons.